The Morgan fingerprint density at radius 2 is 1.74 bits per heavy atom. The van der Waals surface area contributed by atoms with Gasteiger partial charge in [0.05, 0.1) is 23.4 Å². The van der Waals surface area contributed by atoms with Crippen LogP contribution >= 0.6 is 11.6 Å². The quantitative estimate of drug-likeness (QED) is 0.440. The molecule has 0 aromatic heterocycles. The molecule has 0 saturated carbocycles. The molecule has 1 heterocycles. The number of carbonyl (C=O) groups excluding carboxylic acids is 3. The average molecular weight is 558 g/mol. The number of ether oxygens (including phenoxy) is 1. The highest BCUT2D eigenvalue weighted by Gasteiger charge is 2.26. The maximum absolute atomic E-state index is 13.4. The van der Waals surface area contributed by atoms with Crippen LogP contribution in [0.15, 0.2) is 36.4 Å². The van der Waals surface area contributed by atoms with Gasteiger partial charge in [-0.05, 0) is 50.5 Å². The zero-order valence-electron chi connectivity index (χ0n) is 23.7. The number of benzene rings is 2. The van der Waals surface area contributed by atoms with Crippen molar-refractivity contribution >= 4 is 35.1 Å². The van der Waals surface area contributed by atoms with Crippen molar-refractivity contribution in [3.63, 3.8) is 0 Å². The van der Waals surface area contributed by atoms with Gasteiger partial charge in [-0.2, -0.15) is 0 Å². The van der Waals surface area contributed by atoms with Crippen LogP contribution in [0.1, 0.15) is 60.9 Å². The third-order valence-electron chi connectivity index (χ3n) is 6.18. The molecule has 1 aliphatic heterocycles. The van der Waals surface area contributed by atoms with E-state index in [1.807, 2.05) is 58.9 Å². The molecular weight excluding hydrogens is 518 g/mol. The maximum atomic E-state index is 13.4. The minimum absolute atomic E-state index is 0.0928. The van der Waals surface area contributed by atoms with Gasteiger partial charge in [-0.3, -0.25) is 14.5 Å². The number of hydrogen-bond acceptors (Lipinski definition) is 5. The average Bonchev–Trinajstić information content (AvgIpc) is 2.87. The molecule has 39 heavy (non-hydrogen) atoms. The minimum Gasteiger partial charge on any atom is -0.496 e. The van der Waals surface area contributed by atoms with Gasteiger partial charge in [-0.25, -0.2) is 4.79 Å². The highest BCUT2D eigenvalue weighted by Crippen LogP contribution is 2.32. The Balaban J connectivity index is 1.61. The number of nitrogens with zero attached hydrogens (tertiary/aromatic N) is 2. The van der Waals surface area contributed by atoms with Crippen LogP contribution < -0.4 is 20.7 Å². The molecule has 0 radical (unpaired) electrons. The molecule has 1 fully saturated rings. The first-order valence-electron chi connectivity index (χ1n) is 13.2. The summed E-state index contributed by atoms with van der Waals surface area (Å²) in [7, 11) is 1.48. The molecule has 2 aromatic rings. The Hall–Kier alpha value is -3.30. The Labute approximate surface area is 236 Å². The van der Waals surface area contributed by atoms with Crippen molar-refractivity contribution in [3.05, 3.63) is 58.1 Å². The molecule has 0 unspecified atom stereocenters. The number of nitrogens with one attached hydrogen (secondary N) is 3. The lowest BCUT2D eigenvalue weighted by molar-refractivity contribution is 0.0625. The zero-order valence-corrected chi connectivity index (χ0v) is 24.4. The van der Waals surface area contributed by atoms with Crippen LogP contribution in [-0.4, -0.2) is 73.0 Å². The number of amides is 4. The first-order chi connectivity index (χ1) is 18.4. The van der Waals surface area contributed by atoms with Gasteiger partial charge < -0.3 is 25.6 Å². The third kappa shape index (κ3) is 8.86. The summed E-state index contributed by atoms with van der Waals surface area (Å²) in [5.41, 5.74) is 2.10. The molecule has 4 amide bonds. The van der Waals surface area contributed by atoms with Crippen LogP contribution in [0.5, 0.6) is 5.75 Å². The summed E-state index contributed by atoms with van der Waals surface area (Å²) in [5, 5.41) is 8.74. The molecule has 0 atom stereocenters. The Morgan fingerprint density at radius 1 is 1.05 bits per heavy atom. The fraction of sp³-hybridized carbons (Fsp3) is 0.483. The molecule has 212 valence electrons. The van der Waals surface area contributed by atoms with E-state index in [1.54, 1.807) is 17.0 Å². The standard InChI is InChI=1S/C29H40ClN5O4/c1-19(2)17-31-28(38)32-24-16-25(39-6)22(15-23(24)30)27(37)35-12-10-34(11-13-35)18-20-8-7-9-21(14-20)26(36)33-29(3,4)5/h7-9,14-16,19H,10-13,17-18H2,1-6H3,(H,33,36)(H2,31,32,38). The van der Waals surface area contributed by atoms with Gasteiger partial charge >= 0.3 is 6.03 Å². The molecule has 0 spiro atoms. The number of urea groups is 1. The van der Waals surface area contributed by atoms with E-state index < -0.39 is 0 Å². The van der Waals surface area contributed by atoms with Crippen molar-refractivity contribution in [2.45, 2.75) is 46.7 Å². The van der Waals surface area contributed by atoms with Crippen LogP contribution in [0.3, 0.4) is 0 Å². The second-order valence-electron chi connectivity index (χ2n) is 11.2. The lowest BCUT2D eigenvalue weighted by Gasteiger charge is -2.35. The number of anilines is 1. The number of rotatable bonds is 8. The fourth-order valence-electron chi connectivity index (χ4n) is 4.21. The smallest absolute Gasteiger partial charge is 0.319 e. The van der Waals surface area contributed by atoms with E-state index in [0.29, 0.717) is 67.8 Å². The van der Waals surface area contributed by atoms with Crippen LogP contribution in [0, 0.1) is 5.92 Å². The first kappa shape index (κ1) is 30.2. The summed E-state index contributed by atoms with van der Waals surface area (Å²) in [6.07, 6.45) is 0. The lowest BCUT2D eigenvalue weighted by Crippen LogP contribution is -2.48. The van der Waals surface area contributed by atoms with Crippen molar-refractivity contribution in [1.82, 2.24) is 20.4 Å². The van der Waals surface area contributed by atoms with Gasteiger partial charge in [0, 0.05) is 56.4 Å². The summed E-state index contributed by atoms with van der Waals surface area (Å²) in [5.74, 6) is 0.387. The van der Waals surface area contributed by atoms with Crippen LogP contribution in [0.2, 0.25) is 5.02 Å². The van der Waals surface area contributed by atoms with E-state index in [4.69, 9.17) is 16.3 Å². The molecule has 10 heteroatoms. The van der Waals surface area contributed by atoms with Gasteiger partial charge in [-0.1, -0.05) is 37.6 Å². The predicted octanol–water partition coefficient (Wildman–Crippen LogP) is 4.61. The summed E-state index contributed by atoms with van der Waals surface area (Å²) < 4.78 is 5.47. The largest absolute Gasteiger partial charge is 0.496 e. The molecular formula is C29H40ClN5O4. The van der Waals surface area contributed by atoms with Gasteiger partial charge in [0.15, 0.2) is 0 Å². The summed E-state index contributed by atoms with van der Waals surface area (Å²) in [4.78, 5) is 42.1. The molecule has 3 N–H and O–H groups in total. The highest BCUT2D eigenvalue weighted by molar-refractivity contribution is 6.34. The Morgan fingerprint density at radius 3 is 2.36 bits per heavy atom. The summed E-state index contributed by atoms with van der Waals surface area (Å²) in [6.45, 7) is 13.6. The predicted molar refractivity (Wildman–Crippen MR) is 155 cm³/mol. The van der Waals surface area contributed by atoms with Crippen molar-refractivity contribution in [3.8, 4) is 5.75 Å². The van der Waals surface area contributed by atoms with Crippen LogP contribution in [0.4, 0.5) is 10.5 Å². The monoisotopic (exact) mass is 557 g/mol. The van der Waals surface area contributed by atoms with Crippen molar-refractivity contribution < 1.29 is 19.1 Å². The highest BCUT2D eigenvalue weighted by atomic mass is 35.5. The summed E-state index contributed by atoms with van der Waals surface area (Å²) in [6, 6.07) is 10.4. The zero-order chi connectivity index (χ0) is 28.7. The van der Waals surface area contributed by atoms with Crippen molar-refractivity contribution in [2.24, 2.45) is 5.92 Å². The SMILES string of the molecule is COc1cc(NC(=O)NCC(C)C)c(Cl)cc1C(=O)N1CCN(Cc2cccc(C(=O)NC(C)(C)C)c2)CC1. The molecule has 0 bridgehead atoms. The van der Waals surface area contributed by atoms with E-state index in [9.17, 15) is 14.4 Å². The second kappa shape index (κ2) is 13.2. The fourth-order valence-corrected chi connectivity index (χ4v) is 4.42. The van der Waals surface area contributed by atoms with E-state index in [1.165, 1.54) is 7.11 Å². The molecule has 0 aliphatic carbocycles. The number of piperazine rings is 1. The van der Waals surface area contributed by atoms with Crippen molar-refractivity contribution in [1.29, 1.82) is 0 Å². The van der Waals surface area contributed by atoms with E-state index in [-0.39, 0.29) is 28.4 Å². The maximum Gasteiger partial charge on any atom is 0.319 e. The molecule has 2 aromatic carbocycles. The number of methoxy groups -OCH3 is 1. The lowest BCUT2D eigenvalue weighted by atomic mass is 10.1. The Kier molecular flexibility index (Phi) is 10.2. The molecule has 9 nitrogen and oxygen atoms in total. The van der Waals surface area contributed by atoms with Gasteiger partial charge in [0.2, 0.25) is 0 Å². The second-order valence-corrected chi connectivity index (χ2v) is 11.6. The van der Waals surface area contributed by atoms with Crippen LogP contribution in [-0.2, 0) is 6.54 Å². The molecule has 1 saturated heterocycles. The molecule has 3 rings (SSSR count). The van der Waals surface area contributed by atoms with Gasteiger partial charge in [0.25, 0.3) is 11.8 Å². The number of hydrogen-bond donors (Lipinski definition) is 3. The van der Waals surface area contributed by atoms with Gasteiger partial charge in [-0.15, -0.1) is 0 Å². The summed E-state index contributed by atoms with van der Waals surface area (Å²) >= 11 is 6.43. The third-order valence-corrected chi connectivity index (χ3v) is 6.49. The molecule has 1 aliphatic rings. The first-order valence-corrected chi connectivity index (χ1v) is 13.6. The van der Waals surface area contributed by atoms with E-state index in [0.717, 1.165) is 5.56 Å². The van der Waals surface area contributed by atoms with Gasteiger partial charge in [0.1, 0.15) is 5.75 Å². The van der Waals surface area contributed by atoms with E-state index in [2.05, 4.69) is 20.9 Å². The van der Waals surface area contributed by atoms with Crippen LogP contribution in [0.25, 0.3) is 0 Å². The Bertz CT molecular complexity index is 1190. The topological polar surface area (TPSA) is 103 Å². The number of halogens is 1. The van der Waals surface area contributed by atoms with E-state index >= 15 is 0 Å². The van der Waals surface area contributed by atoms with Crippen molar-refractivity contribution in [2.75, 3.05) is 45.2 Å². The minimum atomic E-state index is -0.372. The number of carbonyl (C=O) groups is 3. The normalized spacial score (nSPS) is 14.2.